The minimum Gasteiger partial charge on any atom is -0.495 e. The molecule has 0 fully saturated rings. The number of nitrogens with two attached hydrogens (primary N) is 1. The van der Waals surface area contributed by atoms with E-state index in [1.807, 2.05) is 0 Å². The maximum Gasteiger partial charge on any atom is 0.194 e. The van der Waals surface area contributed by atoms with Crippen LogP contribution in [0.4, 0.5) is 0 Å². The molecule has 0 bridgehead atoms. The summed E-state index contributed by atoms with van der Waals surface area (Å²) in [5, 5.41) is 0. The Kier molecular flexibility index (Phi) is 3.64. The highest BCUT2D eigenvalue weighted by molar-refractivity contribution is 6.08. The van der Waals surface area contributed by atoms with Gasteiger partial charge in [0.2, 0.25) is 0 Å². The lowest BCUT2D eigenvalue weighted by Crippen LogP contribution is -2.06. The number of hydrogen-bond acceptors (Lipinski definition) is 5. The highest BCUT2D eigenvalue weighted by atomic mass is 16.5. The predicted octanol–water partition coefficient (Wildman–Crippen LogP) is 1.17. The summed E-state index contributed by atoms with van der Waals surface area (Å²) in [5.74, 6) is 0.424. The molecule has 0 saturated carbocycles. The summed E-state index contributed by atoms with van der Waals surface area (Å²) in [6, 6.07) is 4.99. The average Bonchev–Trinajstić information content (AvgIpc) is 2.46. The van der Waals surface area contributed by atoms with Gasteiger partial charge in [0, 0.05) is 30.1 Å². The fraction of sp³-hybridized carbons (Fsp3) is 0.154. The summed E-state index contributed by atoms with van der Waals surface area (Å²) >= 11 is 0. The lowest BCUT2D eigenvalue weighted by atomic mass is 10.1. The topological polar surface area (TPSA) is 78.1 Å². The van der Waals surface area contributed by atoms with Crippen molar-refractivity contribution in [3.63, 3.8) is 0 Å². The van der Waals surface area contributed by atoms with E-state index in [1.54, 1.807) is 30.6 Å². The Bertz CT molecular complexity index is 520. The van der Waals surface area contributed by atoms with Crippen molar-refractivity contribution in [3.8, 4) is 5.75 Å². The maximum atomic E-state index is 12.2. The number of aromatic nitrogens is 2. The normalized spacial score (nSPS) is 10.1. The van der Waals surface area contributed by atoms with Crippen LogP contribution in [0.2, 0.25) is 0 Å². The second-order valence-corrected chi connectivity index (χ2v) is 3.68. The zero-order valence-electron chi connectivity index (χ0n) is 9.96. The van der Waals surface area contributed by atoms with Gasteiger partial charge in [0.25, 0.3) is 0 Å². The molecular formula is C13H13N3O2. The van der Waals surface area contributed by atoms with Crippen LogP contribution in [-0.4, -0.2) is 22.9 Å². The second kappa shape index (κ2) is 5.37. The molecule has 0 aliphatic carbocycles. The average molecular weight is 243 g/mol. The number of nitrogens with zero attached hydrogens (tertiary/aromatic N) is 2. The maximum absolute atomic E-state index is 12.2. The first kappa shape index (κ1) is 12.2. The highest BCUT2D eigenvalue weighted by Crippen LogP contribution is 2.14. The molecule has 18 heavy (non-hydrogen) atoms. The van der Waals surface area contributed by atoms with Gasteiger partial charge in [-0.2, -0.15) is 0 Å². The Labute approximate surface area is 105 Å². The van der Waals surface area contributed by atoms with Gasteiger partial charge in [0.05, 0.1) is 19.0 Å². The molecule has 2 aromatic rings. The van der Waals surface area contributed by atoms with Crippen LogP contribution in [-0.2, 0) is 6.54 Å². The van der Waals surface area contributed by atoms with E-state index in [9.17, 15) is 4.79 Å². The van der Waals surface area contributed by atoms with Gasteiger partial charge in [-0.15, -0.1) is 0 Å². The largest absolute Gasteiger partial charge is 0.495 e. The van der Waals surface area contributed by atoms with Crippen molar-refractivity contribution in [2.75, 3.05) is 7.11 Å². The van der Waals surface area contributed by atoms with Crippen molar-refractivity contribution in [1.29, 1.82) is 0 Å². The van der Waals surface area contributed by atoms with Gasteiger partial charge in [-0.05, 0) is 18.2 Å². The third-order valence-corrected chi connectivity index (χ3v) is 2.50. The Morgan fingerprint density at radius 1 is 1.33 bits per heavy atom. The summed E-state index contributed by atoms with van der Waals surface area (Å²) in [6.45, 7) is 0.303. The second-order valence-electron chi connectivity index (χ2n) is 3.68. The van der Waals surface area contributed by atoms with Crippen LogP contribution in [0, 0.1) is 0 Å². The number of hydrogen-bond donors (Lipinski definition) is 1. The SMILES string of the molecule is COc1cncc(C(=O)c2ccnc(CN)c2)c1. The first-order valence-corrected chi connectivity index (χ1v) is 5.43. The number of rotatable bonds is 4. The van der Waals surface area contributed by atoms with Crippen LogP contribution in [0.5, 0.6) is 5.75 Å². The third-order valence-electron chi connectivity index (χ3n) is 2.50. The molecule has 0 amide bonds. The summed E-state index contributed by atoms with van der Waals surface area (Å²) in [6.07, 6.45) is 4.63. The van der Waals surface area contributed by atoms with Crippen molar-refractivity contribution in [2.45, 2.75) is 6.54 Å². The fourth-order valence-electron chi connectivity index (χ4n) is 1.55. The van der Waals surface area contributed by atoms with Crippen LogP contribution in [0.15, 0.2) is 36.8 Å². The minimum atomic E-state index is -0.126. The van der Waals surface area contributed by atoms with Gasteiger partial charge in [-0.1, -0.05) is 0 Å². The first-order valence-electron chi connectivity index (χ1n) is 5.43. The Morgan fingerprint density at radius 3 is 2.89 bits per heavy atom. The van der Waals surface area contributed by atoms with Crippen molar-refractivity contribution in [2.24, 2.45) is 5.73 Å². The van der Waals surface area contributed by atoms with Gasteiger partial charge in [0.1, 0.15) is 5.75 Å². The molecule has 2 rings (SSSR count). The van der Waals surface area contributed by atoms with E-state index in [1.165, 1.54) is 13.3 Å². The van der Waals surface area contributed by atoms with Crippen LogP contribution in [0.1, 0.15) is 21.6 Å². The molecule has 5 heteroatoms. The fourth-order valence-corrected chi connectivity index (χ4v) is 1.55. The number of methoxy groups -OCH3 is 1. The lowest BCUT2D eigenvalue weighted by molar-refractivity contribution is 0.103. The van der Waals surface area contributed by atoms with E-state index in [4.69, 9.17) is 10.5 Å². The van der Waals surface area contributed by atoms with Crippen LogP contribution < -0.4 is 10.5 Å². The molecule has 0 aliphatic rings. The number of carbonyl (C=O) groups excluding carboxylic acids is 1. The minimum absolute atomic E-state index is 0.126. The van der Waals surface area contributed by atoms with Crippen LogP contribution >= 0.6 is 0 Å². The van der Waals surface area contributed by atoms with Crippen molar-refractivity contribution >= 4 is 5.78 Å². The molecule has 5 nitrogen and oxygen atoms in total. The third kappa shape index (κ3) is 2.52. The van der Waals surface area contributed by atoms with Gasteiger partial charge in [0.15, 0.2) is 5.78 Å². The van der Waals surface area contributed by atoms with Crippen LogP contribution in [0.3, 0.4) is 0 Å². The molecule has 0 spiro atoms. The predicted molar refractivity (Wildman–Crippen MR) is 66.3 cm³/mol. The van der Waals surface area contributed by atoms with E-state index >= 15 is 0 Å². The van der Waals surface area contributed by atoms with E-state index in [0.717, 1.165) is 0 Å². The molecule has 0 radical (unpaired) electrons. The molecule has 0 aliphatic heterocycles. The molecule has 0 aromatic carbocycles. The monoisotopic (exact) mass is 243 g/mol. The first-order chi connectivity index (χ1) is 8.74. The molecule has 0 atom stereocenters. The number of ketones is 1. The Hall–Kier alpha value is -2.27. The smallest absolute Gasteiger partial charge is 0.194 e. The molecule has 0 unspecified atom stereocenters. The molecule has 2 N–H and O–H groups in total. The highest BCUT2D eigenvalue weighted by Gasteiger charge is 2.11. The van der Waals surface area contributed by atoms with Crippen molar-refractivity contribution in [3.05, 3.63) is 53.6 Å². The van der Waals surface area contributed by atoms with E-state index in [0.29, 0.717) is 29.1 Å². The van der Waals surface area contributed by atoms with Gasteiger partial charge < -0.3 is 10.5 Å². The number of carbonyl (C=O) groups is 1. The zero-order chi connectivity index (χ0) is 13.0. The van der Waals surface area contributed by atoms with E-state index < -0.39 is 0 Å². The summed E-state index contributed by atoms with van der Waals surface area (Å²) in [4.78, 5) is 20.2. The van der Waals surface area contributed by atoms with Gasteiger partial charge in [-0.3, -0.25) is 14.8 Å². The van der Waals surface area contributed by atoms with Gasteiger partial charge >= 0.3 is 0 Å². The van der Waals surface area contributed by atoms with Crippen LogP contribution in [0.25, 0.3) is 0 Å². The molecule has 2 aromatic heterocycles. The molecule has 2 heterocycles. The molecule has 92 valence electrons. The van der Waals surface area contributed by atoms with E-state index in [2.05, 4.69) is 9.97 Å². The molecular weight excluding hydrogens is 230 g/mol. The summed E-state index contributed by atoms with van der Waals surface area (Å²) < 4.78 is 5.04. The summed E-state index contributed by atoms with van der Waals surface area (Å²) in [5.41, 5.74) is 7.19. The van der Waals surface area contributed by atoms with Crippen molar-refractivity contribution < 1.29 is 9.53 Å². The lowest BCUT2D eigenvalue weighted by Gasteiger charge is -2.04. The number of ether oxygens (including phenoxy) is 1. The Morgan fingerprint density at radius 2 is 2.17 bits per heavy atom. The van der Waals surface area contributed by atoms with Crippen molar-refractivity contribution in [1.82, 2.24) is 9.97 Å². The zero-order valence-corrected chi connectivity index (χ0v) is 9.96. The standard InChI is InChI=1S/C13H13N3O2/c1-18-12-5-10(7-15-8-12)13(17)9-2-3-16-11(4-9)6-14/h2-5,7-8H,6,14H2,1H3. The van der Waals surface area contributed by atoms with E-state index in [-0.39, 0.29) is 5.78 Å². The Balaban J connectivity index is 2.34. The van der Waals surface area contributed by atoms with Gasteiger partial charge in [-0.25, -0.2) is 0 Å². The summed E-state index contributed by atoms with van der Waals surface area (Å²) in [7, 11) is 1.53. The molecule has 0 saturated heterocycles. The number of pyridine rings is 2. The quantitative estimate of drug-likeness (QED) is 0.816.